The van der Waals surface area contributed by atoms with E-state index < -0.39 is 0 Å². The van der Waals surface area contributed by atoms with Crippen LogP contribution in [0, 0.1) is 23.2 Å². The van der Waals surface area contributed by atoms with Crippen LogP contribution in [-0.4, -0.2) is 4.86 Å². The monoisotopic (exact) mass is 629 g/mol. The summed E-state index contributed by atoms with van der Waals surface area (Å²) in [5.41, 5.74) is 9.27. The van der Waals surface area contributed by atoms with Gasteiger partial charge in [-0.1, -0.05) is 155 Å². The third-order valence-corrected chi connectivity index (χ3v) is 11.9. The molecule has 0 spiro atoms. The molecule has 0 nitrogen and oxygen atoms in total. The van der Waals surface area contributed by atoms with Crippen molar-refractivity contribution < 1.29 is 1.43 Å². The summed E-state index contributed by atoms with van der Waals surface area (Å²) >= 11 is 6.18. The molecular formula is C44H68S. The van der Waals surface area contributed by atoms with Crippen LogP contribution in [0.2, 0.25) is 0 Å². The smallest absolute Gasteiger partial charge is 0.000831 e. The lowest BCUT2D eigenvalue weighted by Gasteiger charge is -2.46. The number of fused-ring (bicyclic) bond motifs is 2. The van der Waals surface area contributed by atoms with E-state index in [2.05, 4.69) is 104 Å². The summed E-state index contributed by atoms with van der Waals surface area (Å²) in [7, 11) is 0. The highest BCUT2D eigenvalue weighted by atomic mass is 32.1. The van der Waals surface area contributed by atoms with E-state index in [4.69, 9.17) is 12.2 Å². The van der Waals surface area contributed by atoms with Crippen LogP contribution in [0.5, 0.6) is 0 Å². The van der Waals surface area contributed by atoms with E-state index >= 15 is 0 Å². The fourth-order valence-electron chi connectivity index (χ4n) is 8.57. The summed E-state index contributed by atoms with van der Waals surface area (Å²) in [5.74, 6) is 2.52. The molecule has 0 fully saturated rings. The standard InChI is InChI=1S/C42H60S.C2H6.H2/c1-9-30(10-2)18-15-19-37(43)28-40-29(7)17-16-24-42(40,8)41-38-22-20-33(31(11-3)12-4)25-35(38)27-36-26-34(21-23-39(36)41)32(13-5)14-6;1-2;/h16-17,20-23,25-26,29-31,40H,9-15,18-19,24,27-28H2,1-8H3;1-2H3;1H. The van der Waals surface area contributed by atoms with Gasteiger partial charge in [0.2, 0.25) is 0 Å². The molecule has 2 aromatic rings. The Bertz CT molecular complexity index is 1400. The van der Waals surface area contributed by atoms with Crippen molar-refractivity contribution in [2.24, 2.45) is 23.2 Å². The summed E-state index contributed by atoms with van der Waals surface area (Å²) in [4.78, 5) is 1.30. The fourth-order valence-corrected chi connectivity index (χ4v) is 8.89. The van der Waals surface area contributed by atoms with E-state index in [-0.39, 0.29) is 6.84 Å². The summed E-state index contributed by atoms with van der Waals surface area (Å²) in [6.07, 6.45) is 19.0. The molecule has 0 saturated heterocycles. The quantitative estimate of drug-likeness (QED) is 0.148. The highest BCUT2D eigenvalue weighted by Crippen LogP contribution is 2.52. The molecular weight excluding hydrogens is 561 g/mol. The zero-order valence-corrected chi connectivity index (χ0v) is 31.6. The van der Waals surface area contributed by atoms with Gasteiger partial charge in [-0.15, -0.1) is 0 Å². The lowest BCUT2D eigenvalue weighted by atomic mass is 9.58. The average Bonchev–Trinajstić information content (AvgIpc) is 3.05. The second-order valence-electron chi connectivity index (χ2n) is 14.0. The van der Waals surface area contributed by atoms with Gasteiger partial charge in [-0.05, 0) is 125 Å². The van der Waals surface area contributed by atoms with Crippen LogP contribution in [0.15, 0.2) is 48.6 Å². The van der Waals surface area contributed by atoms with Crippen molar-refractivity contribution in [3.8, 4) is 0 Å². The largest absolute Gasteiger partial charge is 0.0897 e. The third-order valence-electron chi connectivity index (χ3n) is 11.5. The predicted molar refractivity (Wildman–Crippen MR) is 208 cm³/mol. The Kier molecular flexibility index (Phi) is 14.8. The Morgan fingerprint density at radius 3 is 2.22 bits per heavy atom. The van der Waals surface area contributed by atoms with E-state index in [0.717, 1.165) is 44.4 Å². The minimum Gasteiger partial charge on any atom is -0.0897 e. The zero-order valence-electron chi connectivity index (χ0n) is 30.8. The van der Waals surface area contributed by atoms with Gasteiger partial charge in [0, 0.05) is 6.84 Å². The van der Waals surface area contributed by atoms with E-state index in [1.807, 2.05) is 13.8 Å². The van der Waals surface area contributed by atoms with Crippen molar-refractivity contribution in [1.82, 2.24) is 0 Å². The average molecular weight is 629 g/mol. The molecule has 250 valence electrons. The van der Waals surface area contributed by atoms with Gasteiger partial charge < -0.3 is 0 Å². The van der Waals surface area contributed by atoms with Crippen LogP contribution in [0.1, 0.15) is 169 Å². The topological polar surface area (TPSA) is 0 Å². The molecule has 2 aliphatic carbocycles. The Balaban J connectivity index is 0.00000241. The first-order chi connectivity index (χ1) is 21.7. The van der Waals surface area contributed by atoms with Crippen molar-refractivity contribution in [2.75, 3.05) is 0 Å². The molecule has 0 amide bonds. The maximum absolute atomic E-state index is 6.18. The van der Waals surface area contributed by atoms with Crippen molar-refractivity contribution in [3.05, 3.63) is 81.2 Å². The van der Waals surface area contributed by atoms with Crippen LogP contribution >= 0.6 is 12.2 Å². The van der Waals surface area contributed by atoms with E-state index in [0.29, 0.717) is 17.8 Å². The normalized spacial score (nSPS) is 20.5. The molecule has 0 N–H and O–H groups in total. The molecule has 0 aliphatic heterocycles. The van der Waals surface area contributed by atoms with Gasteiger partial charge in [0.1, 0.15) is 0 Å². The van der Waals surface area contributed by atoms with Crippen LogP contribution in [0.25, 0.3) is 11.1 Å². The Morgan fingerprint density at radius 1 is 0.911 bits per heavy atom. The van der Waals surface area contributed by atoms with Gasteiger partial charge in [-0.3, -0.25) is 0 Å². The fraction of sp³-hybridized carbons (Fsp3) is 0.614. The second-order valence-corrected chi connectivity index (χ2v) is 14.6. The second kappa shape index (κ2) is 17.8. The highest BCUT2D eigenvalue weighted by Gasteiger charge is 2.43. The third kappa shape index (κ3) is 8.49. The molecule has 3 unspecified atom stereocenters. The van der Waals surface area contributed by atoms with Crippen molar-refractivity contribution in [2.45, 2.75) is 152 Å². The minimum atomic E-state index is 0. The molecule has 0 bridgehead atoms. The van der Waals surface area contributed by atoms with Gasteiger partial charge in [0.25, 0.3) is 0 Å². The van der Waals surface area contributed by atoms with Crippen LogP contribution in [-0.2, 0) is 6.42 Å². The Labute approximate surface area is 285 Å². The highest BCUT2D eigenvalue weighted by molar-refractivity contribution is 7.80. The van der Waals surface area contributed by atoms with E-state index in [1.54, 1.807) is 11.1 Å². The Hall–Kier alpha value is -1.99. The maximum atomic E-state index is 6.18. The number of hydrogen-bond donors (Lipinski definition) is 0. The van der Waals surface area contributed by atoms with Crippen LogP contribution < -0.4 is 10.4 Å². The van der Waals surface area contributed by atoms with Crippen molar-refractivity contribution in [3.63, 3.8) is 0 Å². The number of benzene rings is 2. The molecule has 0 aromatic heterocycles. The molecule has 45 heavy (non-hydrogen) atoms. The van der Waals surface area contributed by atoms with E-state index in [1.165, 1.54) is 76.1 Å². The summed E-state index contributed by atoms with van der Waals surface area (Å²) in [6, 6.07) is 15.0. The molecule has 3 atom stereocenters. The molecule has 0 saturated carbocycles. The summed E-state index contributed by atoms with van der Waals surface area (Å²) in [6.45, 7) is 23.0. The maximum Gasteiger partial charge on any atom is 0.000831 e. The number of allylic oxidation sites excluding steroid dienone is 2. The molecule has 1 heteroatoms. The first kappa shape index (κ1) is 37.5. The number of rotatable bonds is 14. The van der Waals surface area contributed by atoms with Gasteiger partial charge >= 0.3 is 0 Å². The molecule has 2 aromatic carbocycles. The van der Waals surface area contributed by atoms with E-state index in [9.17, 15) is 0 Å². The van der Waals surface area contributed by atoms with Crippen molar-refractivity contribution >= 4 is 28.2 Å². The van der Waals surface area contributed by atoms with Gasteiger partial charge in [-0.2, -0.15) is 0 Å². The minimum absolute atomic E-state index is 0. The van der Waals surface area contributed by atoms with Crippen LogP contribution in [0.4, 0.5) is 0 Å². The SMILES string of the molecule is CC.CCC(CC)=c1ccc2c(c1)Cc1cc(C(CC)CC)ccc1C=2C1(C)CC=CC(C)C1CC(=S)CCCC(CC)CC.[HH]. The first-order valence-corrected chi connectivity index (χ1v) is 19.3. The molecule has 0 radical (unpaired) electrons. The zero-order chi connectivity index (χ0) is 33.1. The summed E-state index contributed by atoms with van der Waals surface area (Å²) < 4.78 is 0. The first-order valence-electron chi connectivity index (χ1n) is 18.9. The Morgan fingerprint density at radius 2 is 1.60 bits per heavy atom. The number of thiocarbonyl (C=S) groups is 1. The molecule has 2 aliphatic rings. The van der Waals surface area contributed by atoms with Crippen LogP contribution in [0.3, 0.4) is 0 Å². The number of hydrogen-bond acceptors (Lipinski definition) is 1. The molecule has 4 rings (SSSR count). The lowest BCUT2D eigenvalue weighted by Crippen LogP contribution is -2.41. The van der Waals surface area contributed by atoms with Crippen molar-refractivity contribution in [1.29, 1.82) is 0 Å². The predicted octanol–water partition coefficient (Wildman–Crippen LogP) is 12.5. The van der Waals surface area contributed by atoms with Gasteiger partial charge in [0.15, 0.2) is 0 Å². The molecule has 0 heterocycles. The van der Waals surface area contributed by atoms with Gasteiger partial charge in [-0.25, -0.2) is 0 Å². The summed E-state index contributed by atoms with van der Waals surface area (Å²) in [5, 5.41) is 2.94. The van der Waals surface area contributed by atoms with Gasteiger partial charge in [0.05, 0.1) is 0 Å². The lowest BCUT2D eigenvalue weighted by molar-refractivity contribution is 0.212.